The normalized spacial score (nSPS) is 20.2. The van der Waals surface area contributed by atoms with E-state index in [2.05, 4.69) is 4.98 Å². The van der Waals surface area contributed by atoms with Gasteiger partial charge in [-0.1, -0.05) is 36.4 Å². The van der Waals surface area contributed by atoms with Gasteiger partial charge in [-0.05, 0) is 48.4 Å². The Morgan fingerprint density at radius 1 is 1.03 bits per heavy atom. The number of rotatable bonds is 4. The number of aromatic nitrogens is 1. The van der Waals surface area contributed by atoms with E-state index in [1.54, 1.807) is 0 Å². The summed E-state index contributed by atoms with van der Waals surface area (Å²) in [7, 11) is 0. The van der Waals surface area contributed by atoms with Gasteiger partial charge in [0.25, 0.3) is 5.91 Å². The summed E-state index contributed by atoms with van der Waals surface area (Å²) < 4.78 is 0. The largest absolute Gasteiger partial charge is 0.394 e. The van der Waals surface area contributed by atoms with Crippen LogP contribution in [-0.2, 0) is 11.2 Å². The Morgan fingerprint density at radius 3 is 2.50 bits per heavy atom. The van der Waals surface area contributed by atoms with Crippen LogP contribution in [0.5, 0.6) is 0 Å². The predicted molar refractivity (Wildman–Crippen MR) is 123 cm³/mol. The average Bonchev–Trinajstić information content (AvgIpc) is 3.41. The number of carbonyl (C=O) groups is 2. The molecule has 0 aliphatic carbocycles. The van der Waals surface area contributed by atoms with Crippen molar-refractivity contribution in [3.05, 3.63) is 71.9 Å². The summed E-state index contributed by atoms with van der Waals surface area (Å²) in [6.45, 7) is 2.03. The number of aromatic amines is 1. The Hall–Kier alpha value is -3.12. The number of fused-ring (bicyclic) bond motifs is 1. The van der Waals surface area contributed by atoms with Gasteiger partial charge in [0, 0.05) is 42.3 Å². The van der Waals surface area contributed by atoms with Crippen LogP contribution >= 0.6 is 0 Å². The number of hydrogen-bond donors (Lipinski definition) is 2. The van der Waals surface area contributed by atoms with Crippen molar-refractivity contribution < 1.29 is 14.7 Å². The zero-order chi connectivity index (χ0) is 22.1. The molecule has 2 aliphatic heterocycles. The summed E-state index contributed by atoms with van der Waals surface area (Å²) in [5.74, 6) is 0.137. The molecule has 166 valence electrons. The first kappa shape index (κ1) is 20.8. The number of hydrogen-bond acceptors (Lipinski definition) is 3. The maximum Gasteiger partial charge on any atom is 0.254 e. The second-order valence-corrected chi connectivity index (χ2v) is 9.26. The lowest BCUT2D eigenvalue weighted by molar-refractivity contribution is -0.132. The molecule has 2 N–H and O–H groups in total. The molecule has 2 saturated heterocycles. The molecule has 3 aromatic rings. The minimum atomic E-state index is -0.156. The average molecular weight is 432 g/mol. The summed E-state index contributed by atoms with van der Waals surface area (Å²) in [6, 6.07) is 17.2. The molecule has 0 bridgehead atoms. The third-order valence-electron chi connectivity index (χ3n) is 7.30. The monoisotopic (exact) mass is 431 g/mol. The first-order chi connectivity index (χ1) is 15.6. The van der Waals surface area contributed by atoms with E-state index in [9.17, 15) is 14.7 Å². The number of nitrogens with zero attached hydrogens (tertiary/aromatic N) is 2. The highest BCUT2D eigenvalue weighted by Crippen LogP contribution is 2.44. The fourth-order valence-electron chi connectivity index (χ4n) is 5.46. The van der Waals surface area contributed by atoms with Gasteiger partial charge in [-0.2, -0.15) is 0 Å². The van der Waals surface area contributed by atoms with Gasteiger partial charge in [-0.25, -0.2) is 0 Å². The molecule has 2 aliphatic rings. The molecule has 2 amide bonds. The van der Waals surface area contributed by atoms with E-state index in [1.165, 1.54) is 0 Å². The van der Waals surface area contributed by atoms with Crippen LogP contribution in [0.1, 0.15) is 35.2 Å². The fourth-order valence-corrected chi connectivity index (χ4v) is 5.46. The molecule has 3 heterocycles. The van der Waals surface area contributed by atoms with E-state index in [0.717, 1.165) is 35.7 Å². The van der Waals surface area contributed by atoms with Crippen LogP contribution in [0, 0.1) is 5.41 Å². The van der Waals surface area contributed by atoms with Crippen molar-refractivity contribution in [3.63, 3.8) is 0 Å². The van der Waals surface area contributed by atoms with Crippen LogP contribution in [0.15, 0.2) is 60.8 Å². The van der Waals surface area contributed by atoms with E-state index in [0.29, 0.717) is 31.6 Å². The Balaban J connectivity index is 1.23. The minimum Gasteiger partial charge on any atom is -0.394 e. The number of para-hydroxylation sites is 1. The zero-order valence-electron chi connectivity index (χ0n) is 18.2. The molecule has 6 nitrogen and oxygen atoms in total. The number of H-pyrrole nitrogens is 1. The molecule has 0 saturated carbocycles. The summed E-state index contributed by atoms with van der Waals surface area (Å²) in [4.78, 5) is 33.1. The topological polar surface area (TPSA) is 76.6 Å². The second-order valence-electron chi connectivity index (χ2n) is 9.26. The summed E-state index contributed by atoms with van der Waals surface area (Å²) >= 11 is 0. The molecule has 1 unspecified atom stereocenters. The van der Waals surface area contributed by atoms with Crippen molar-refractivity contribution in [2.24, 2.45) is 5.41 Å². The number of benzene rings is 2. The number of aliphatic hydroxyl groups is 1. The quantitative estimate of drug-likeness (QED) is 0.666. The number of piperidine rings is 1. The van der Waals surface area contributed by atoms with Crippen LogP contribution < -0.4 is 0 Å². The second kappa shape index (κ2) is 8.43. The standard InChI is InChI=1S/C26H29N3O3/c30-17-21-15-26(18-29(21)25(32)19-6-2-1-3-7-19)10-12-28(13-11-26)24(31)14-20-16-27-23-9-5-4-8-22(20)23/h1-9,16,21,27,30H,10-15,17-18H2. The van der Waals surface area contributed by atoms with Crippen molar-refractivity contribution in [3.8, 4) is 0 Å². The number of aliphatic hydroxyl groups excluding tert-OH is 1. The van der Waals surface area contributed by atoms with Gasteiger partial charge in [0.05, 0.1) is 19.1 Å². The van der Waals surface area contributed by atoms with Crippen molar-refractivity contribution in [1.82, 2.24) is 14.8 Å². The maximum atomic E-state index is 13.0. The van der Waals surface area contributed by atoms with Gasteiger partial charge in [-0.15, -0.1) is 0 Å². The van der Waals surface area contributed by atoms with Crippen LogP contribution in [0.2, 0.25) is 0 Å². The maximum absolute atomic E-state index is 13.0. The van der Waals surface area contributed by atoms with Crippen LogP contribution in [0.25, 0.3) is 10.9 Å². The van der Waals surface area contributed by atoms with Crippen LogP contribution in [-0.4, -0.2) is 64.0 Å². The van der Waals surface area contributed by atoms with Crippen molar-refractivity contribution in [1.29, 1.82) is 0 Å². The predicted octanol–water partition coefficient (Wildman–Crippen LogP) is 3.23. The van der Waals surface area contributed by atoms with Crippen molar-refractivity contribution in [2.45, 2.75) is 31.7 Å². The minimum absolute atomic E-state index is 0.0145. The molecule has 1 aromatic heterocycles. The van der Waals surface area contributed by atoms with Gasteiger partial charge in [0.1, 0.15) is 0 Å². The third-order valence-corrected chi connectivity index (χ3v) is 7.30. The van der Waals surface area contributed by atoms with E-state index < -0.39 is 0 Å². The van der Waals surface area contributed by atoms with Gasteiger partial charge in [0.2, 0.25) is 5.91 Å². The highest BCUT2D eigenvalue weighted by molar-refractivity contribution is 5.94. The van der Waals surface area contributed by atoms with Gasteiger partial charge in [0.15, 0.2) is 0 Å². The van der Waals surface area contributed by atoms with Crippen molar-refractivity contribution in [2.75, 3.05) is 26.2 Å². The molecule has 32 heavy (non-hydrogen) atoms. The van der Waals surface area contributed by atoms with E-state index in [-0.39, 0.29) is 29.9 Å². The molecular formula is C26H29N3O3. The van der Waals surface area contributed by atoms with E-state index in [4.69, 9.17) is 0 Å². The van der Waals surface area contributed by atoms with Gasteiger partial charge in [-0.3, -0.25) is 9.59 Å². The summed E-state index contributed by atoms with van der Waals surface area (Å²) in [6.07, 6.45) is 4.86. The van der Waals surface area contributed by atoms with Crippen LogP contribution in [0.4, 0.5) is 0 Å². The first-order valence-electron chi connectivity index (χ1n) is 11.4. The molecule has 2 fully saturated rings. The smallest absolute Gasteiger partial charge is 0.254 e. The lowest BCUT2D eigenvalue weighted by Gasteiger charge is -2.39. The van der Waals surface area contributed by atoms with Crippen molar-refractivity contribution >= 4 is 22.7 Å². The van der Waals surface area contributed by atoms with Crippen LogP contribution in [0.3, 0.4) is 0 Å². The number of nitrogens with one attached hydrogen (secondary N) is 1. The number of amides is 2. The lowest BCUT2D eigenvalue weighted by Crippen LogP contribution is -2.45. The molecule has 0 radical (unpaired) electrons. The third kappa shape index (κ3) is 3.79. The number of carbonyl (C=O) groups excluding carboxylic acids is 2. The summed E-state index contributed by atoms with van der Waals surface area (Å²) in [5.41, 5.74) is 2.73. The Morgan fingerprint density at radius 2 is 1.75 bits per heavy atom. The molecular weight excluding hydrogens is 402 g/mol. The Bertz CT molecular complexity index is 1120. The summed E-state index contributed by atoms with van der Waals surface area (Å²) in [5, 5.41) is 11.1. The lowest BCUT2D eigenvalue weighted by atomic mass is 9.76. The molecule has 1 atom stereocenters. The fraction of sp³-hybridized carbons (Fsp3) is 0.385. The molecule has 5 rings (SSSR count). The van der Waals surface area contributed by atoms with E-state index in [1.807, 2.05) is 70.6 Å². The molecule has 2 aromatic carbocycles. The molecule has 1 spiro atoms. The highest BCUT2D eigenvalue weighted by atomic mass is 16.3. The van der Waals surface area contributed by atoms with Gasteiger partial charge < -0.3 is 19.9 Å². The Kier molecular flexibility index (Phi) is 5.47. The van der Waals surface area contributed by atoms with E-state index >= 15 is 0 Å². The molecule has 6 heteroatoms. The van der Waals surface area contributed by atoms with Gasteiger partial charge >= 0.3 is 0 Å². The SMILES string of the molecule is O=C(Cc1c[nH]c2ccccc12)N1CCC2(CC1)CC(CO)N(C(=O)c1ccccc1)C2. The zero-order valence-corrected chi connectivity index (χ0v) is 18.2. The number of likely N-dealkylation sites (tertiary alicyclic amines) is 2. The highest BCUT2D eigenvalue weighted by Gasteiger charge is 2.47. The first-order valence-corrected chi connectivity index (χ1v) is 11.4. The Labute approximate surface area is 187 Å².